The van der Waals surface area contributed by atoms with Crippen LogP contribution in [-0.2, 0) is 0 Å². The van der Waals surface area contributed by atoms with Crippen LogP contribution in [0.5, 0.6) is 0 Å². The van der Waals surface area contributed by atoms with Gasteiger partial charge < -0.3 is 0 Å². The highest BCUT2D eigenvalue weighted by Gasteiger charge is 2.08. The standard InChI is InChI=1S/C14H9N3O2S/c18-17(19)11-4-5-12-13(8-11)20-14(16-12)6-3-10-2-1-7-15-9-10/h1-9H. The number of pyridine rings is 1. The van der Waals surface area contributed by atoms with Gasteiger partial charge in [-0.25, -0.2) is 4.98 Å². The summed E-state index contributed by atoms with van der Waals surface area (Å²) in [6.45, 7) is 0. The number of hydrogen-bond acceptors (Lipinski definition) is 5. The summed E-state index contributed by atoms with van der Waals surface area (Å²) in [7, 11) is 0. The second-order valence-corrected chi connectivity index (χ2v) is 5.14. The molecule has 6 heteroatoms. The van der Waals surface area contributed by atoms with Gasteiger partial charge in [0.2, 0.25) is 0 Å². The Bertz CT molecular complexity index is 797. The molecule has 98 valence electrons. The molecule has 0 unspecified atom stereocenters. The number of nitro benzene ring substituents is 1. The lowest BCUT2D eigenvalue weighted by atomic mass is 10.2. The zero-order valence-corrected chi connectivity index (χ0v) is 11.1. The van der Waals surface area contributed by atoms with Crippen LogP contribution in [0, 0.1) is 10.1 Å². The van der Waals surface area contributed by atoms with Crippen molar-refractivity contribution < 1.29 is 4.92 Å². The molecule has 0 N–H and O–H groups in total. The third-order valence-corrected chi connectivity index (χ3v) is 3.69. The van der Waals surface area contributed by atoms with Gasteiger partial charge in [-0.05, 0) is 23.8 Å². The van der Waals surface area contributed by atoms with Crippen molar-refractivity contribution in [3.63, 3.8) is 0 Å². The summed E-state index contributed by atoms with van der Waals surface area (Å²) in [6.07, 6.45) is 7.27. The first kappa shape index (κ1) is 12.4. The Balaban J connectivity index is 1.93. The van der Waals surface area contributed by atoms with E-state index in [1.165, 1.54) is 17.4 Å². The van der Waals surface area contributed by atoms with Crippen molar-refractivity contribution in [2.75, 3.05) is 0 Å². The van der Waals surface area contributed by atoms with E-state index in [0.717, 1.165) is 20.8 Å². The third-order valence-electron chi connectivity index (χ3n) is 2.70. The maximum atomic E-state index is 10.7. The van der Waals surface area contributed by atoms with Gasteiger partial charge >= 0.3 is 0 Å². The largest absolute Gasteiger partial charge is 0.270 e. The van der Waals surface area contributed by atoms with E-state index in [1.54, 1.807) is 24.5 Å². The minimum Gasteiger partial charge on any atom is -0.264 e. The molecular weight excluding hydrogens is 274 g/mol. The molecule has 3 rings (SSSR count). The first-order chi connectivity index (χ1) is 9.72. The van der Waals surface area contributed by atoms with Gasteiger partial charge in [0, 0.05) is 24.5 Å². The molecule has 3 aromatic rings. The Morgan fingerprint density at radius 2 is 2.15 bits per heavy atom. The van der Waals surface area contributed by atoms with Crippen LogP contribution in [0.3, 0.4) is 0 Å². The number of fused-ring (bicyclic) bond motifs is 1. The molecule has 0 saturated carbocycles. The third kappa shape index (κ3) is 2.55. The lowest BCUT2D eigenvalue weighted by Crippen LogP contribution is -1.85. The quantitative estimate of drug-likeness (QED) is 0.542. The van der Waals surface area contributed by atoms with Crippen molar-refractivity contribution in [3.8, 4) is 0 Å². The Labute approximate surface area is 118 Å². The number of hydrogen-bond donors (Lipinski definition) is 0. The highest BCUT2D eigenvalue weighted by molar-refractivity contribution is 7.19. The Hall–Kier alpha value is -2.60. The highest BCUT2D eigenvalue weighted by Crippen LogP contribution is 2.27. The number of benzene rings is 1. The molecule has 5 nitrogen and oxygen atoms in total. The van der Waals surface area contributed by atoms with Crippen LogP contribution in [0.25, 0.3) is 22.4 Å². The van der Waals surface area contributed by atoms with Gasteiger partial charge in [0.15, 0.2) is 0 Å². The summed E-state index contributed by atoms with van der Waals surface area (Å²) >= 11 is 1.43. The van der Waals surface area contributed by atoms with E-state index in [4.69, 9.17) is 0 Å². The second kappa shape index (κ2) is 5.18. The normalized spacial score (nSPS) is 11.2. The molecule has 1 aromatic carbocycles. The van der Waals surface area contributed by atoms with Crippen LogP contribution in [0.2, 0.25) is 0 Å². The van der Waals surface area contributed by atoms with Crippen molar-refractivity contribution >= 4 is 39.4 Å². The molecule has 0 fully saturated rings. The molecular formula is C14H9N3O2S. The molecule has 0 atom stereocenters. The van der Waals surface area contributed by atoms with Crippen molar-refractivity contribution in [2.24, 2.45) is 0 Å². The Morgan fingerprint density at radius 3 is 2.90 bits per heavy atom. The van der Waals surface area contributed by atoms with Gasteiger partial charge in [-0.1, -0.05) is 12.1 Å². The molecule has 0 aliphatic carbocycles. The van der Waals surface area contributed by atoms with E-state index in [2.05, 4.69) is 9.97 Å². The van der Waals surface area contributed by atoms with Crippen LogP contribution >= 0.6 is 11.3 Å². The first-order valence-corrected chi connectivity index (χ1v) is 6.67. The van der Waals surface area contributed by atoms with Crippen molar-refractivity contribution in [1.82, 2.24) is 9.97 Å². The number of nitro groups is 1. The number of thiazole rings is 1. The zero-order chi connectivity index (χ0) is 13.9. The van der Waals surface area contributed by atoms with Gasteiger partial charge in [0.1, 0.15) is 5.01 Å². The Kier molecular flexibility index (Phi) is 3.22. The summed E-state index contributed by atoms with van der Waals surface area (Å²) in [4.78, 5) is 18.8. The lowest BCUT2D eigenvalue weighted by Gasteiger charge is -1.88. The minimum atomic E-state index is -0.399. The number of aromatic nitrogens is 2. The molecule has 0 aliphatic heterocycles. The van der Waals surface area contributed by atoms with Crippen LogP contribution in [0.15, 0.2) is 42.7 Å². The molecule has 20 heavy (non-hydrogen) atoms. The summed E-state index contributed by atoms with van der Waals surface area (Å²) in [5, 5.41) is 11.5. The van der Waals surface area contributed by atoms with E-state index in [0.29, 0.717) is 0 Å². The molecule has 0 bridgehead atoms. The fourth-order valence-electron chi connectivity index (χ4n) is 1.76. The SMILES string of the molecule is O=[N+]([O-])c1ccc2nc(C=Cc3cccnc3)sc2c1. The van der Waals surface area contributed by atoms with Gasteiger partial charge in [-0.3, -0.25) is 15.1 Å². The molecule has 0 amide bonds. The maximum absolute atomic E-state index is 10.7. The van der Waals surface area contributed by atoms with Crippen LogP contribution < -0.4 is 0 Å². The Morgan fingerprint density at radius 1 is 1.25 bits per heavy atom. The first-order valence-electron chi connectivity index (χ1n) is 5.85. The number of non-ortho nitro benzene ring substituents is 1. The second-order valence-electron chi connectivity index (χ2n) is 4.08. The maximum Gasteiger partial charge on any atom is 0.270 e. The van der Waals surface area contributed by atoms with E-state index in [1.807, 2.05) is 24.3 Å². The van der Waals surface area contributed by atoms with Gasteiger partial charge in [-0.15, -0.1) is 11.3 Å². The van der Waals surface area contributed by atoms with E-state index >= 15 is 0 Å². The minimum absolute atomic E-state index is 0.0870. The molecule has 0 aliphatic rings. The topological polar surface area (TPSA) is 68.9 Å². The van der Waals surface area contributed by atoms with E-state index in [-0.39, 0.29) is 5.69 Å². The van der Waals surface area contributed by atoms with Gasteiger partial charge in [-0.2, -0.15) is 0 Å². The molecule has 2 heterocycles. The van der Waals surface area contributed by atoms with Crippen molar-refractivity contribution in [1.29, 1.82) is 0 Å². The smallest absolute Gasteiger partial charge is 0.264 e. The van der Waals surface area contributed by atoms with Gasteiger partial charge in [0.05, 0.1) is 15.1 Å². The molecule has 0 saturated heterocycles. The number of rotatable bonds is 3. The monoisotopic (exact) mass is 283 g/mol. The van der Waals surface area contributed by atoms with Gasteiger partial charge in [0.25, 0.3) is 5.69 Å². The molecule has 0 spiro atoms. The average molecular weight is 283 g/mol. The summed E-state index contributed by atoms with van der Waals surface area (Å²) in [5.74, 6) is 0. The highest BCUT2D eigenvalue weighted by atomic mass is 32.1. The average Bonchev–Trinajstić information content (AvgIpc) is 2.88. The summed E-state index contributed by atoms with van der Waals surface area (Å²) in [6, 6.07) is 8.50. The lowest BCUT2D eigenvalue weighted by molar-refractivity contribution is -0.384. The fraction of sp³-hybridized carbons (Fsp3) is 0. The predicted octanol–water partition coefficient (Wildman–Crippen LogP) is 3.77. The van der Waals surface area contributed by atoms with Crippen LogP contribution in [0.1, 0.15) is 10.6 Å². The van der Waals surface area contributed by atoms with E-state index in [9.17, 15) is 10.1 Å². The molecule has 2 aromatic heterocycles. The van der Waals surface area contributed by atoms with Crippen LogP contribution in [0.4, 0.5) is 5.69 Å². The summed E-state index contributed by atoms with van der Waals surface area (Å²) < 4.78 is 0.810. The predicted molar refractivity (Wildman–Crippen MR) is 79.4 cm³/mol. The summed E-state index contributed by atoms with van der Waals surface area (Å²) in [5.41, 5.74) is 1.84. The fourth-order valence-corrected chi connectivity index (χ4v) is 2.66. The zero-order valence-electron chi connectivity index (χ0n) is 10.3. The van der Waals surface area contributed by atoms with Crippen molar-refractivity contribution in [3.05, 3.63) is 63.4 Å². The van der Waals surface area contributed by atoms with E-state index < -0.39 is 4.92 Å². The molecule has 0 radical (unpaired) electrons. The van der Waals surface area contributed by atoms with Crippen LogP contribution in [-0.4, -0.2) is 14.9 Å². The van der Waals surface area contributed by atoms with Crippen molar-refractivity contribution in [2.45, 2.75) is 0 Å². The number of nitrogens with zero attached hydrogens (tertiary/aromatic N) is 3.